The summed E-state index contributed by atoms with van der Waals surface area (Å²) in [5.74, 6) is -0.440. The topological polar surface area (TPSA) is 69.1 Å². The van der Waals surface area contributed by atoms with E-state index in [0.29, 0.717) is 10.6 Å². The zero-order valence-electron chi connectivity index (χ0n) is 7.23. The predicted molar refractivity (Wildman–Crippen MR) is 74.8 cm³/mol. The van der Waals surface area contributed by atoms with Crippen LogP contribution in [-0.2, 0) is 0 Å². The zero-order chi connectivity index (χ0) is 10.6. The third-order valence-electron chi connectivity index (χ3n) is 1.66. The Hall–Kier alpha value is 0.430. The van der Waals surface area contributed by atoms with E-state index in [-0.39, 0.29) is 0 Å². The van der Waals surface area contributed by atoms with Crippen molar-refractivity contribution in [2.45, 2.75) is 13.8 Å². The molecule has 0 radical (unpaired) electrons. The van der Waals surface area contributed by atoms with Gasteiger partial charge in [0.25, 0.3) is 5.91 Å². The lowest BCUT2D eigenvalue weighted by Crippen LogP contribution is -2.13. The number of hydrogen-bond acceptors (Lipinski definition) is 3. The van der Waals surface area contributed by atoms with Gasteiger partial charge in [0.2, 0.25) is 0 Å². The number of halogens is 2. The monoisotopic (exact) mass is 424 g/mol. The van der Waals surface area contributed by atoms with E-state index >= 15 is 0 Å². The molecule has 0 atom stereocenters. The van der Waals surface area contributed by atoms with Gasteiger partial charge in [0, 0.05) is 42.1 Å². The quantitative estimate of drug-likeness (QED) is 0.682. The number of anilines is 1. The molecule has 0 bridgehead atoms. The smallest absolute Gasteiger partial charge is 0.251 e. The highest BCUT2D eigenvalue weighted by Crippen LogP contribution is 2.28. The van der Waals surface area contributed by atoms with E-state index < -0.39 is 5.91 Å². The molecule has 0 spiro atoms. The number of primary amides is 1. The van der Waals surface area contributed by atoms with Crippen molar-refractivity contribution in [3.63, 3.8) is 0 Å². The first-order chi connectivity index (χ1) is 6.04. The number of hydrogen-bond donors (Lipinski definition) is 2. The maximum absolute atomic E-state index is 10.8. The molecule has 13 heavy (non-hydrogen) atoms. The zero-order valence-corrected chi connectivity index (χ0v) is 12.4. The molecule has 0 aliphatic carbocycles. The number of amides is 1. The van der Waals surface area contributed by atoms with Gasteiger partial charge >= 0.3 is 0 Å². The Kier molecular flexibility index (Phi) is 6.21. The van der Waals surface area contributed by atoms with Gasteiger partial charge in [-0.3, -0.25) is 4.79 Å². The molecule has 0 saturated carbocycles. The molecule has 0 fully saturated rings. The van der Waals surface area contributed by atoms with E-state index in [4.69, 9.17) is 11.5 Å². The van der Waals surface area contributed by atoms with Crippen molar-refractivity contribution in [1.82, 2.24) is 0 Å². The van der Waals surface area contributed by atoms with Gasteiger partial charge in [0.05, 0.1) is 10.6 Å². The summed E-state index contributed by atoms with van der Waals surface area (Å²) in [6.07, 6.45) is 0. The van der Waals surface area contributed by atoms with Crippen LogP contribution in [0.15, 0.2) is 0 Å². The summed E-state index contributed by atoms with van der Waals surface area (Å²) < 4.78 is 0. The first-order valence-corrected chi connectivity index (χ1v) is 10.4. The van der Waals surface area contributed by atoms with E-state index in [1.54, 1.807) is 0 Å². The van der Waals surface area contributed by atoms with Gasteiger partial charge in [-0.15, -0.1) is 11.3 Å². The normalized spacial score (nSPS) is 8.92. The number of nitrogens with two attached hydrogens (primary N) is 2. The van der Waals surface area contributed by atoms with E-state index in [0.717, 1.165) is 10.4 Å². The maximum atomic E-state index is 10.8. The van der Waals surface area contributed by atoms with Crippen LogP contribution in [0, 0.1) is 13.8 Å². The number of thiophene rings is 1. The van der Waals surface area contributed by atoms with Crippen LogP contribution >= 0.6 is 48.6 Å². The minimum atomic E-state index is -0.440. The summed E-state index contributed by atoms with van der Waals surface area (Å²) in [4.78, 5) is 11.9. The summed E-state index contributed by atoms with van der Waals surface area (Å²) >= 11 is 5.64. The molecule has 3 nitrogen and oxygen atoms in total. The van der Waals surface area contributed by atoms with E-state index in [2.05, 4.69) is 37.2 Å². The second-order valence-corrected chi connectivity index (χ2v) is 3.64. The number of nitrogen functional groups attached to an aromatic ring is 1. The van der Waals surface area contributed by atoms with Gasteiger partial charge < -0.3 is 11.5 Å². The first-order valence-electron chi connectivity index (χ1n) is 3.33. The molecule has 6 heteroatoms. The van der Waals surface area contributed by atoms with Crippen molar-refractivity contribution in [2.75, 3.05) is 5.73 Å². The molecule has 0 saturated heterocycles. The minimum absolute atomic E-state index is 0.440. The van der Waals surface area contributed by atoms with Crippen LogP contribution in [0.1, 0.15) is 20.8 Å². The molecule has 1 rings (SSSR count). The fourth-order valence-electron chi connectivity index (χ4n) is 0.960. The Balaban J connectivity index is 0.000000671. The minimum Gasteiger partial charge on any atom is -0.390 e. The second kappa shape index (κ2) is 6.02. The molecule has 1 heterocycles. The Morgan fingerprint density at radius 3 is 2.00 bits per heavy atom. The highest BCUT2D eigenvalue weighted by atomic mass is 128. The summed E-state index contributed by atoms with van der Waals surface area (Å²) in [6.45, 7) is 3.77. The summed E-state index contributed by atoms with van der Waals surface area (Å²) in [5, 5.41) is 0.521. The van der Waals surface area contributed by atoms with E-state index in [1.165, 1.54) is 11.3 Å². The molecule has 0 aliphatic heterocycles. The van der Waals surface area contributed by atoms with Crippen LogP contribution < -0.4 is 11.5 Å². The molecule has 1 aromatic rings. The van der Waals surface area contributed by atoms with Gasteiger partial charge in [-0.05, 0) is 19.4 Å². The molecule has 1 aromatic heterocycles. The lowest BCUT2D eigenvalue weighted by Gasteiger charge is -1.93. The molecule has 4 N–H and O–H groups in total. The van der Waals surface area contributed by atoms with Gasteiger partial charge in [0.15, 0.2) is 0 Å². The third-order valence-corrected chi connectivity index (χ3v) is 2.70. The maximum Gasteiger partial charge on any atom is 0.251 e. The van der Waals surface area contributed by atoms with E-state index in [1.807, 2.05) is 13.8 Å². The third kappa shape index (κ3) is 3.24. The number of carbonyl (C=O) groups excluding carboxylic acids is 1. The van der Waals surface area contributed by atoms with Crippen molar-refractivity contribution in [3.05, 3.63) is 16.0 Å². The largest absolute Gasteiger partial charge is 0.390 e. The fourth-order valence-corrected chi connectivity index (χ4v) is 1.90. The number of rotatable bonds is 1. The van der Waals surface area contributed by atoms with Gasteiger partial charge in [0.1, 0.15) is 0 Å². The van der Waals surface area contributed by atoms with Crippen LogP contribution in [-0.4, -0.2) is 5.91 Å². The Morgan fingerprint density at radius 2 is 1.85 bits per heavy atom. The van der Waals surface area contributed by atoms with Crippen LogP contribution in [0.3, 0.4) is 0 Å². The average Bonchev–Trinajstić information content (AvgIpc) is 2.30. The SMILES string of the molecule is Cc1sc(N)c(C(N)=O)c1C.II. The first kappa shape index (κ1) is 13.4. The molecule has 0 aromatic carbocycles. The van der Waals surface area contributed by atoms with Crippen LogP contribution in [0.5, 0.6) is 0 Å². The average molecular weight is 424 g/mol. The number of carbonyl (C=O) groups is 1. The lowest BCUT2D eigenvalue weighted by molar-refractivity contribution is 0.100. The Morgan fingerprint density at radius 1 is 1.38 bits per heavy atom. The fraction of sp³-hybridized carbons (Fsp3) is 0.286. The summed E-state index contributed by atoms with van der Waals surface area (Å²) in [5.41, 5.74) is 12.1. The van der Waals surface area contributed by atoms with Crippen molar-refractivity contribution in [3.8, 4) is 0 Å². The molecule has 1 amide bonds. The Labute approximate surface area is 105 Å². The standard InChI is InChI=1S/C7H10N2OS.I2/c1-3-4(2)11-7(9)5(3)6(8)10;1-2/h9H2,1-2H3,(H2,8,10);. The lowest BCUT2D eigenvalue weighted by atomic mass is 10.1. The van der Waals surface area contributed by atoms with Crippen molar-refractivity contribution in [2.24, 2.45) is 5.73 Å². The highest BCUT2D eigenvalue weighted by molar-refractivity contribution is 15.0. The second-order valence-electron chi connectivity index (χ2n) is 2.39. The molecular weight excluding hydrogens is 414 g/mol. The van der Waals surface area contributed by atoms with Gasteiger partial charge in [-0.1, -0.05) is 0 Å². The molecule has 0 unspecified atom stereocenters. The molecule has 74 valence electrons. The number of aryl methyl sites for hydroxylation is 1. The van der Waals surface area contributed by atoms with Crippen LogP contribution in [0.2, 0.25) is 0 Å². The highest BCUT2D eigenvalue weighted by Gasteiger charge is 2.13. The van der Waals surface area contributed by atoms with Crippen molar-refractivity contribution >= 4 is 59.5 Å². The van der Waals surface area contributed by atoms with Crippen molar-refractivity contribution < 1.29 is 4.79 Å². The molecular formula is C7H10I2N2OS. The van der Waals surface area contributed by atoms with Crippen molar-refractivity contribution in [1.29, 1.82) is 0 Å². The predicted octanol–water partition coefficient (Wildman–Crippen LogP) is 2.82. The Bertz CT molecular complexity index is 312. The van der Waals surface area contributed by atoms with Crippen LogP contribution in [0.25, 0.3) is 0 Å². The van der Waals surface area contributed by atoms with Gasteiger partial charge in [-0.2, -0.15) is 0 Å². The summed E-state index contributed by atoms with van der Waals surface area (Å²) in [6, 6.07) is 0. The van der Waals surface area contributed by atoms with Gasteiger partial charge in [-0.25, -0.2) is 0 Å². The summed E-state index contributed by atoms with van der Waals surface area (Å²) in [7, 11) is 0. The van der Waals surface area contributed by atoms with Crippen LogP contribution in [0.4, 0.5) is 5.00 Å². The molecule has 0 aliphatic rings. The van der Waals surface area contributed by atoms with E-state index in [9.17, 15) is 4.79 Å².